The molecule has 0 aromatic carbocycles. The number of carbonyl (C=O) groups excluding carboxylic acids is 1. The molecule has 20 heavy (non-hydrogen) atoms. The molecule has 0 aliphatic carbocycles. The zero-order valence-corrected chi connectivity index (χ0v) is 12.0. The first kappa shape index (κ1) is 16.1. The van der Waals surface area contributed by atoms with Gasteiger partial charge in [0.25, 0.3) is 0 Å². The van der Waals surface area contributed by atoms with Gasteiger partial charge in [0.2, 0.25) is 5.91 Å². The van der Waals surface area contributed by atoms with Gasteiger partial charge in [-0.2, -0.15) is 5.26 Å². The fourth-order valence-electron chi connectivity index (χ4n) is 2.02. The molecule has 0 aliphatic heterocycles. The van der Waals surface area contributed by atoms with Gasteiger partial charge in [-0.1, -0.05) is 13.0 Å². The zero-order chi connectivity index (χ0) is 14.8. The minimum Gasteiger partial charge on any atom is -0.337 e. The highest BCUT2D eigenvalue weighted by molar-refractivity contribution is 5.78. The molecule has 1 aromatic rings. The largest absolute Gasteiger partial charge is 0.337 e. The molecule has 0 aliphatic rings. The lowest BCUT2D eigenvalue weighted by Gasteiger charge is -2.25. The minimum absolute atomic E-state index is 0.0612. The van der Waals surface area contributed by atoms with Gasteiger partial charge in [-0.3, -0.25) is 9.78 Å². The van der Waals surface area contributed by atoms with Crippen molar-refractivity contribution in [3.8, 4) is 6.07 Å². The average Bonchev–Trinajstić information content (AvgIpc) is 2.49. The molecule has 5 heteroatoms. The van der Waals surface area contributed by atoms with E-state index in [4.69, 9.17) is 11.0 Å². The first-order chi connectivity index (χ1) is 9.69. The smallest absolute Gasteiger partial charge is 0.225 e. The number of nitrogens with two attached hydrogens (primary N) is 1. The number of aromatic nitrogens is 1. The molecule has 0 saturated carbocycles. The summed E-state index contributed by atoms with van der Waals surface area (Å²) in [4.78, 5) is 18.2. The van der Waals surface area contributed by atoms with Gasteiger partial charge in [-0.25, -0.2) is 0 Å². The summed E-state index contributed by atoms with van der Waals surface area (Å²) < 4.78 is 0. The summed E-state index contributed by atoms with van der Waals surface area (Å²) in [6, 6.07) is 5.87. The van der Waals surface area contributed by atoms with E-state index in [0.717, 1.165) is 18.4 Å². The van der Waals surface area contributed by atoms with Gasteiger partial charge in [0.15, 0.2) is 0 Å². The predicted molar refractivity (Wildman–Crippen MR) is 77.3 cm³/mol. The third kappa shape index (κ3) is 5.37. The first-order valence-corrected chi connectivity index (χ1v) is 6.93. The molecule has 1 heterocycles. The Morgan fingerprint density at radius 1 is 1.60 bits per heavy atom. The standard InChI is InChI=1S/C15H22N4O/c1-13(5-2-7-16)15(20)19(10-4-8-17)12-14-6-3-9-18-11-14/h3,6,9,11,13H,2,4-5,7,10,12,16H2,1H3. The van der Waals surface area contributed by atoms with E-state index < -0.39 is 0 Å². The summed E-state index contributed by atoms with van der Waals surface area (Å²) >= 11 is 0. The normalized spacial score (nSPS) is 11.7. The van der Waals surface area contributed by atoms with E-state index in [1.54, 1.807) is 17.3 Å². The molecule has 1 rings (SSSR count). The van der Waals surface area contributed by atoms with Crippen molar-refractivity contribution >= 4 is 5.91 Å². The highest BCUT2D eigenvalue weighted by Gasteiger charge is 2.20. The second kappa shape index (κ2) is 9.05. The Kier molecular flexibility index (Phi) is 7.30. The number of carbonyl (C=O) groups is 1. The van der Waals surface area contributed by atoms with E-state index in [2.05, 4.69) is 11.1 Å². The lowest BCUT2D eigenvalue weighted by Crippen LogP contribution is -2.35. The van der Waals surface area contributed by atoms with E-state index in [9.17, 15) is 4.79 Å². The predicted octanol–water partition coefficient (Wildman–Crippen LogP) is 1.70. The van der Waals surface area contributed by atoms with Gasteiger partial charge >= 0.3 is 0 Å². The molecule has 1 atom stereocenters. The fraction of sp³-hybridized carbons (Fsp3) is 0.533. The van der Waals surface area contributed by atoms with Crippen molar-refractivity contribution in [3.63, 3.8) is 0 Å². The van der Waals surface area contributed by atoms with Crippen LogP contribution < -0.4 is 5.73 Å². The van der Waals surface area contributed by atoms with Crippen LogP contribution in [0.1, 0.15) is 31.7 Å². The molecular formula is C15H22N4O. The van der Waals surface area contributed by atoms with Crippen molar-refractivity contribution in [2.75, 3.05) is 13.1 Å². The number of rotatable bonds is 8. The molecule has 0 fully saturated rings. The van der Waals surface area contributed by atoms with Crippen molar-refractivity contribution in [1.82, 2.24) is 9.88 Å². The van der Waals surface area contributed by atoms with E-state index in [-0.39, 0.29) is 11.8 Å². The highest BCUT2D eigenvalue weighted by atomic mass is 16.2. The number of hydrogen-bond donors (Lipinski definition) is 1. The number of amides is 1. The van der Waals surface area contributed by atoms with Crippen LogP contribution in [0.3, 0.4) is 0 Å². The van der Waals surface area contributed by atoms with Gasteiger partial charge < -0.3 is 10.6 Å². The summed E-state index contributed by atoms with van der Waals surface area (Å²) in [5.41, 5.74) is 6.46. The molecule has 1 unspecified atom stereocenters. The van der Waals surface area contributed by atoms with E-state index in [1.807, 2.05) is 19.1 Å². The Balaban J connectivity index is 2.68. The van der Waals surface area contributed by atoms with E-state index in [0.29, 0.717) is 26.1 Å². The van der Waals surface area contributed by atoms with E-state index in [1.165, 1.54) is 0 Å². The molecule has 0 saturated heterocycles. The third-order valence-electron chi connectivity index (χ3n) is 3.16. The molecule has 0 spiro atoms. The third-order valence-corrected chi connectivity index (χ3v) is 3.16. The summed E-state index contributed by atoms with van der Waals surface area (Å²) in [6.45, 7) is 3.47. The quantitative estimate of drug-likeness (QED) is 0.782. The number of nitrogens with zero attached hydrogens (tertiary/aromatic N) is 3. The SMILES string of the molecule is CC(CCCN)C(=O)N(CCC#N)Cc1cccnc1. The molecule has 5 nitrogen and oxygen atoms in total. The van der Waals surface area contributed by atoms with E-state index >= 15 is 0 Å². The van der Waals surface area contributed by atoms with Crippen molar-refractivity contribution in [1.29, 1.82) is 5.26 Å². The topological polar surface area (TPSA) is 83.0 Å². The lowest BCUT2D eigenvalue weighted by molar-refractivity contribution is -0.135. The van der Waals surface area contributed by atoms with Crippen LogP contribution >= 0.6 is 0 Å². The molecule has 2 N–H and O–H groups in total. The molecule has 108 valence electrons. The van der Waals surface area contributed by atoms with Crippen LogP contribution in [0.5, 0.6) is 0 Å². The maximum absolute atomic E-state index is 12.4. The monoisotopic (exact) mass is 274 g/mol. The first-order valence-electron chi connectivity index (χ1n) is 6.93. The van der Waals surface area contributed by atoms with Gasteiger partial charge in [0, 0.05) is 31.4 Å². The van der Waals surface area contributed by atoms with Gasteiger partial charge in [0.1, 0.15) is 0 Å². The molecule has 1 aromatic heterocycles. The Morgan fingerprint density at radius 2 is 2.40 bits per heavy atom. The van der Waals surface area contributed by atoms with Crippen LogP contribution in [0, 0.1) is 17.2 Å². The number of hydrogen-bond acceptors (Lipinski definition) is 4. The second-order valence-electron chi connectivity index (χ2n) is 4.86. The van der Waals surface area contributed by atoms with Crippen molar-refractivity contribution < 1.29 is 4.79 Å². The van der Waals surface area contributed by atoms with Gasteiger partial charge in [0.05, 0.1) is 12.5 Å². The fourth-order valence-corrected chi connectivity index (χ4v) is 2.02. The molecular weight excluding hydrogens is 252 g/mol. The van der Waals surface area contributed by atoms with Crippen LogP contribution in [-0.2, 0) is 11.3 Å². The summed E-state index contributed by atoms with van der Waals surface area (Å²) in [5, 5.41) is 8.73. The lowest BCUT2D eigenvalue weighted by atomic mass is 10.0. The van der Waals surface area contributed by atoms with Crippen LogP contribution in [0.25, 0.3) is 0 Å². The maximum atomic E-state index is 12.4. The van der Waals surface area contributed by atoms with Crippen molar-refractivity contribution in [2.24, 2.45) is 11.7 Å². The Hall–Kier alpha value is -1.93. The Labute approximate surface area is 120 Å². The highest BCUT2D eigenvalue weighted by Crippen LogP contribution is 2.13. The number of pyridine rings is 1. The van der Waals surface area contributed by atoms with Crippen LogP contribution in [0.2, 0.25) is 0 Å². The van der Waals surface area contributed by atoms with Crippen molar-refractivity contribution in [3.05, 3.63) is 30.1 Å². The molecule has 1 amide bonds. The van der Waals surface area contributed by atoms with Crippen LogP contribution in [-0.4, -0.2) is 28.9 Å². The molecule has 0 bridgehead atoms. The second-order valence-corrected chi connectivity index (χ2v) is 4.86. The minimum atomic E-state index is -0.0612. The summed E-state index contributed by atoms with van der Waals surface area (Å²) in [7, 11) is 0. The summed E-state index contributed by atoms with van der Waals surface area (Å²) in [6.07, 6.45) is 5.42. The maximum Gasteiger partial charge on any atom is 0.225 e. The Bertz CT molecular complexity index is 441. The number of nitriles is 1. The average molecular weight is 274 g/mol. The van der Waals surface area contributed by atoms with Gasteiger partial charge in [-0.15, -0.1) is 0 Å². The van der Waals surface area contributed by atoms with Crippen LogP contribution in [0.15, 0.2) is 24.5 Å². The Morgan fingerprint density at radius 3 is 3.00 bits per heavy atom. The summed E-state index contributed by atoms with van der Waals surface area (Å²) in [5.74, 6) is 0.0199. The molecule has 0 radical (unpaired) electrons. The van der Waals surface area contributed by atoms with Crippen LogP contribution in [0.4, 0.5) is 0 Å². The van der Waals surface area contributed by atoms with Crippen molar-refractivity contribution in [2.45, 2.75) is 32.7 Å². The van der Waals surface area contributed by atoms with Gasteiger partial charge in [-0.05, 0) is 31.0 Å². The zero-order valence-electron chi connectivity index (χ0n) is 12.0.